The Kier molecular flexibility index (Phi) is 3.51. The maximum Gasteiger partial charge on any atom is 0.275 e. The van der Waals surface area contributed by atoms with E-state index in [1.165, 1.54) is 4.90 Å². The van der Waals surface area contributed by atoms with Gasteiger partial charge in [0.2, 0.25) is 0 Å². The molecule has 1 atom stereocenters. The summed E-state index contributed by atoms with van der Waals surface area (Å²) in [6.45, 7) is 0.739. The normalized spacial score (nSPS) is 19.4. The van der Waals surface area contributed by atoms with Crippen molar-refractivity contribution >= 4 is 5.91 Å². The molecule has 1 aromatic heterocycles. The van der Waals surface area contributed by atoms with Crippen LogP contribution in [0.15, 0.2) is 12.3 Å². The summed E-state index contributed by atoms with van der Waals surface area (Å²) in [5, 5.41) is 8.82. The summed E-state index contributed by atoms with van der Waals surface area (Å²) in [6, 6.07) is 2.73. The fourth-order valence-corrected chi connectivity index (χ4v) is 1.99. The molecular weight excluding hydrogens is 240 g/mol. The van der Waals surface area contributed by atoms with Crippen LogP contribution in [0.3, 0.4) is 0 Å². The molecule has 2 heterocycles. The number of hydrogen-bond donors (Lipinski definition) is 0. The molecule has 0 saturated carbocycles. The molecule has 4 nitrogen and oxygen atoms in total. The van der Waals surface area contributed by atoms with Crippen molar-refractivity contribution in [2.75, 3.05) is 13.1 Å². The molecule has 0 aliphatic carbocycles. The maximum absolute atomic E-state index is 13.4. The summed E-state index contributed by atoms with van der Waals surface area (Å²) in [5.41, 5.74) is -0.394. The quantitative estimate of drug-likeness (QED) is 0.763. The number of carbonyl (C=O) groups is 1. The molecule has 2 rings (SSSR count). The molecule has 1 amide bonds. The number of nitrogens with zero attached hydrogens (tertiary/aromatic N) is 3. The average Bonchev–Trinajstić information content (AvgIpc) is 2.38. The predicted molar refractivity (Wildman–Crippen MR) is 58.4 cm³/mol. The van der Waals surface area contributed by atoms with E-state index < -0.39 is 23.2 Å². The van der Waals surface area contributed by atoms with E-state index in [1.54, 1.807) is 0 Å². The van der Waals surface area contributed by atoms with Gasteiger partial charge in [0.25, 0.3) is 5.91 Å². The van der Waals surface area contributed by atoms with Crippen molar-refractivity contribution in [3.63, 3.8) is 0 Å². The highest BCUT2D eigenvalue weighted by atomic mass is 19.1. The number of piperidine rings is 1. The van der Waals surface area contributed by atoms with Crippen molar-refractivity contribution < 1.29 is 13.6 Å². The zero-order chi connectivity index (χ0) is 13.1. The van der Waals surface area contributed by atoms with E-state index >= 15 is 0 Å². The van der Waals surface area contributed by atoms with Gasteiger partial charge in [-0.2, -0.15) is 5.26 Å². The Balaban J connectivity index is 2.18. The lowest BCUT2D eigenvalue weighted by molar-refractivity contribution is 0.0687. The Labute approximate surface area is 103 Å². The van der Waals surface area contributed by atoms with Crippen molar-refractivity contribution in [3.05, 3.63) is 29.6 Å². The lowest BCUT2D eigenvalue weighted by Crippen LogP contribution is -2.40. The summed E-state index contributed by atoms with van der Waals surface area (Å²) in [6.07, 6.45) is 2.24. The smallest absolute Gasteiger partial charge is 0.275 e. The number of aromatic nitrogens is 1. The van der Waals surface area contributed by atoms with E-state index in [2.05, 4.69) is 11.1 Å². The van der Waals surface area contributed by atoms with Gasteiger partial charge >= 0.3 is 0 Å². The minimum Gasteiger partial charge on any atom is -0.336 e. The third-order valence-electron chi connectivity index (χ3n) is 2.90. The van der Waals surface area contributed by atoms with Crippen LogP contribution in [0.1, 0.15) is 23.3 Å². The summed E-state index contributed by atoms with van der Waals surface area (Å²) < 4.78 is 26.1. The van der Waals surface area contributed by atoms with Crippen LogP contribution in [0.5, 0.6) is 0 Å². The monoisotopic (exact) mass is 251 g/mol. The molecule has 1 aromatic rings. The van der Waals surface area contributed by atoms with Gasteiger partial charge in [-0.15, -0.1) is 0 Å². The number of rotatable bonds is 1. The lowest BCUT2D eigenvalue weighted by Gasteiger charge is -2.29. The van der Waals surface area contributed by atoms with Crippen molar-refractivity contribution in [1.29, 1.82) is 5.26 Å². The number of amides is 1. The van der Waals surface area contributed by atoms with Gasteiger partial charge < -0.3 is 4.90 Å². The molecule has 0 unspecified atom stereocenters. The SMILES string of the molecule is N#C[C@@H]1CCCN(C(=O)c2ncc(F)cc2F)C1. The Morgan fingerprint density at radius 2 is 2.33 bits per heavy atom. The van der Waals surface area contributed by atoms with Crippen LogP contribution in [0.25, 0.3) is 0 Å². The second-order valence-corrected chi connectivity index (χ2v) is 4.20. The van der Waals surface area contributed by atoms with Crippen LogP contribution in [0.4, 0.5) is 8.78 Å². The van der Waals surface area contributed by atoms with E-state index in [-0.39, 0.29) is 12.5 Å². The number of pyridine rings is 1. The van der Waals surface area contributed by atoms with Gasteiger partial charge in [-0.05, 0) is 12.8 Å². The molecule has 0 bridgehead atoms. The molecule has 18 heavy (non-hydrogen) atoms. The van der Waals surface area contributed by atoms with Crippen LogP contribution < -0.4 is 0 Å². The van der Waals surface area contributed by atoms with E-state index in [9.17, 15) is 13.6 Å². The number of nitriles is 1. The van der Waals surface area contributed by atoms with Crippen molar-refractivity contribution in [3.8, 4) is 6.07 Å². The first-order chi connectivity index (χ1) is 8.61. The van der Waals surface area contributed by atoms with Gasteiger partial charge in [-0.3, -0.25) is 4.79 Å². The second-order valence-electron chi connectivity index (χ2n) is 4.20. The molecule has 94 valence electrons. The predicted octanol–water partition coefficient (Wildman–Crippen LogP) is 1.74. The first kappa shape index (κ1) is 12.4. The van der Waals surface area contributed by atoms with Crippen LogP contribution >= 0.6 is 0 Å². The fraction of sp³-hybridized carbons (Fsp3) is 0.417. The molecule has 0 N–H and O–H groups in total. The standard InChI is InChI=1S/C12H11F2N3O/c13-9-4-10(14)11(16-6-9)12(18)17-3-1-2-8(5-15)7-17/h4,6,8H,1-3,7H2/t8-/m0/s1. The molecule has 1 aliphatic heterocycles. The molecule has 0 aromatic carbocycles. The summed E-state index contributed by atoms with van der Waals surface area (Å²) in [5.74, 6) is -2.62. The largest absolute Gasteiger partial charge is 0.336 e. The number of likely N-dealkylation sites (tertiary alicyclic amines) is 1. The minimum absolute atomic E-state index is 0.230. The highest BCUT2D eigenvalue weighted by Gasteiger charge is 2.26. The summed E-state index contributed by atoms with van der Waals surface area (Å²) in [7, 11) is 0. The van der Waals surface area contributed by atoms with Gasteiger partial charge in [0.15, 0.2) is 11.5 Å². The van der Waals surface area contributed by atoms with Crippen LogP contribution in [-0.4, -0.2) is 28.9 Å². The Morgan fingerprint density at radius 1 is 1.56 bits per heavy atom. The number of halogens is 2. The van der Waals surface area contributed by atoms with Crippen molar-refractivity contribution in [2.45, 2.75) is 12.8 Å². The molecular formula is C12H11F2N3O. The minimum atomic E-state index is -0.973. The molecule has 1 fully saturated rings. The molecule has 6 heteroatoms. The van der Waals surface area contributed by atoms with Gasteiger partial charge in [0, 0.05) is 19.2 Å². The molecule has 0 radical (unpaired) electrons. The second kappa shape index (κ2) is 5.08. The number of carbonyl (C=O) groups excluding carboxylic acids is 1. The topological polar surface area (TPSA) is 57.0 Å². The zero-order valence-electron chi connectivity index (χ0n) is 9.57. The van der Waals surface area contributed by atoms with Crippen LogP contribution in [-0.2, 0) is 0 Å². The first-order valence-electron chi connectivity index (χ1n) is 5.61. The highest BCUT2D eigenvalue weighted by molar-refractivity contribution is 5.92. The van der Waals surface area contributed by atoms with E-state index in [1.807, 2.05) is 0 Å². The highest BCUT2D eigenvalue weighted by Crippen LogP contribution is 2.18. The maximum atomic E-state index is 13.4. The van der Waals surface area contributed by atoms with Gasteiger partial charge in [0.1, 0.15) is 5.82 Å². The van der Waals surface area contributed by atoms with Gasteiger partial charge in [0.05, 0.1) is 18.2 Å². The van der Waals surface area contributed by atoms with E-state index in [0.29, 0.717) is 19.0 Å². The lowest BCUT2D eigenvalue weighted by atomic mass is 9.99. The van der Waals surface area contributed by atoms with E-state index in [4.69, 9.17) is 5.26 Å². The molecule has 1 aliphatic rings. The Morgan fingerprint density at radius 3 is 3.00 bits per heavy atom. The van der Waals surface area contributed by atoms with Gasteiger partial charge in [-0.1, -0.05) is 0 Å². The third kappa shape index (κ3) is 2.45. The molecule has 0 spiro atoms. The Bertz CT molecular complexity index is 513. The van der Waals surface area contributed by atoms with Crippen molar-refractivity contribution in [2.24, 2.45) is 5.92 Å². The van der Waals surface area contributed by atoms with E-state index in [0.717, 1.165) is 12.6 Å². The first-order valence-corrected chi connectivity index (χ1v) is 5.61. The van der Waals surface area contributed by atoms with Crippen molar-refractivity contribution in [1.82, 2.24) is 9.88 Å². The number of hydrogen-bond acceptors (Lipinski definition) is 3. The zero-order valence-corrected chi connectivity index (χ0v) is 9.57. The van der Waals surface area contributed by atoms with Crippen LogP contribution in [0.2, 0.25) is 0 Å². The summed E-state index contributed by atoms with van der Waals surface area (Å²) in [4.78, 5) is 16.9. The summed E-state index contributed by atoms with van der Waals surface area (Å²) >= 11 is 0. The molecule has 1 saturated heterocycles. The Hall–Kier alpha value is -2.03. The average molecular weight is 251 g/mol. The third-order valence-corrected chi connectivity index (χ3v) is 2.90. The van der Waals surface area contributed by atoms with Gasteiger partial charge in [-0.25, -0.2) is 13.8 Å². The fourth-order valence-electron chi connectivity index (χ4n) is 1.99. The van der Waals surface area contributed by atoms with Crippen LogP contribution in [0, 0.1) is 28.9 Å².